The Balaban J connectivity index is 1.55. The van der Waals surface area contributed by atoms with E-state index in [1.165, 1.54) is 4.68 Å². The Morgan fingerprint density at radius 3 is 2.59 bits per heavy atom. The first kappa shape index (κ1) is 20.3. The molecular formula is C25H20BrN3O3. The van der Waals surface area contributed by atoms with E-state index in [9.17, 15) is 9.59 Å². The molecule has 1 aliphatic rings. The van der Waals surface area contributed by atoms with Crippen LogP contribution in [-0.4, -0.2) is 15.3 Å². The molecule has 1 aliphatic heterocycles. The normalized spacial score (nSPS) is 11.9. The summed E-state index contributed by atoms with van der Waals surface area (Å²) in [6.07, 6.45) is 0.456. The molecule has 32 heavy (non-hydrogen) atoms. The molecule has 7 heteroatoms. The minimum Gasteiger partial charge on any atom is -0.439 e. The monoisotopic (exact) mass is 489 g/mol. The SMILES string of the molecule is Cc1cc(NC(=O)Cn2c3c(c(=O)n2-c2ccccc2)Cc2ccccc2O3)ccc1Br. The van der Waals surface area contributed by atoms with Crippen LogP contribution in [0.1, 0.15) is 16.7 Å². The summed E-state index contributed by atoms with van der Waals surface area (Å²) >= 11 is 3.47. The van der Waals surface area contributed by atoms with Crippen molar-refractivity contribution in [2.45, 2.75) is 19.9 Å². The summed E-state index contributed by atoms with van der Waals surface area (Å²) in [4.78, 5) is 26.4. The number of nitrogens with one attached hydrogen (secondary N) is 1. The number of hydrogen-bond donors (Lipinski definition) is 1. The third-order valence-corrected chi connectivity index (χ3v) is 6.36. The Kier molecular flexibility index (Phi) is 5.19. The van der Waals surface area contributed by atoms with E-state index in [4.69, 9.17) is 4.74 Å². The quantitative estimate of drug-likeness (QED) is 0.384. The fourth-order valence-corrected chi connectivity index (χ4v) is 4.16. The van der Waals surface area contributed by atoms with Crippen molar-refractivity contribution < 1.29 is 9.53 Å². The van der Waals surface area contributed by atoms with Crippen LogP contribution in [0.25, 0.3) is 5.69 Å². The topological polar surface area (TPSA) is 65.3 Å². The van der Waals surface area contributed by atoms with Crippen molar-refractivity contribution in [3.63, 3.8) is 0 Å². The lowest BCUT2D eigenvalue weighted by Gasteiger charge is -2.19. The summed E-state index contributed by atoms with van der Waals surface area (Å²) in [6, 6.07) is 22.5. The number of nitrogens with zero attached hydrogens (tertiary/aromatic N) is 2. The predicted octanol–water partition coefficient (Wildman–Crippen LogP) is 5.05. The molecule has 1 N–H and O–H groups in total. The van der Waals surface area contributed by atoms with Gasteiger partial charge in [0.15, 0.2) is 0 Å². The van der Waals surface area contributed by atoms with Gasteiger partial charge in [0.25, 0.3) is 5.56 Å². The third kappa shape index (κ3) is 3.65. The molecule has 0 fully saturated rings. The number of anilines is 1. The average molecular weight is 490 g/mol. The molecule has 0 saturated heterocycles. The number of ether oxygens (including phenoxy) is 1. The number of rotatable bonds is 4. The molecule has 2 heterocycles. The van der Waals surface area contributed by atoms with Crippen LogP contribution in [0.15, 0.2) is 82.1 Å². The number of carbonyl (C=O) groups is 1. The molecule has 0 aliphatic carbocycles. The van der Waals surface area contributed by atoms with Gasteiger partial charge in [-0.1, -0.05) is 52.3 Å². The maximum atomic E-state index is 13.4. The van der Waals surface area contributed by atoms with Gasteiger partial charge >= 0.3 is 0 Å². The molecule has 6 nitrogen and oxygen atoms in total. The highest BCUT2D eigenvalue weighted by Crippen LogP contribution is 2.35. The Morgan fingerprint density at radius 1 is 1.06 bits per heavy atom. The number of hydrogen-bond acceptors (Lipinski definition) is 3. The highest BCUT2D eigenvalue weighted by atomic mass is 79.9. The molecule has 160 valence electrons. The van der Waals surface area contributed by atoms with Crippen LogP contribution in [-0.2, 0) is 17.8 Å². The van der Waals surface area contributed by atoms with Crippen LogP contribution in [0.3, 0.4) is 0 Å². The number of aromatic nitrogens is 2. The Bertz CT molecular complexity index is 1390. The molecule has 0 atom stereocenters. The van der Waals surface area contributed by atoms with Gasteiger partial charge in [-0.15, -0.1) is 0 Å². The van der Waals surface area contributed by atoms with Crippen molar-refractivity contribution in [2.75, 3.05) is 5.32 Å². The zero-order valence-corrected chi connectivity index (χ0v) is 18.9. The van der Waals surface area contributed by atoms with Crippen molar-refractivity contribution in [3.8, 4) is 17.3 Å². The van der Waals surface area contributed by atoms with Crippen molar-refractivity contribution in [1.82, 2.24) is 9.36 Å². The zero-order valence-electron chi connectivity index (χ0n) is 17.3. The molecule has 1 aromatic heterocycles. The lowest BCUT2D eigenvalue weighted by molar-refractivity contribution is -0.117. The molecule has 0 saturated carbocycles. The third-order valence-electron chi connectivity index (χ3n) is 5.47. The molecule has 5 rings (SSSR count). The zero-order chi connectivity index (χ0) is 22.2. The summed E-state index contributed by atoms with van der Waals surface area (Å²) in [5, 5.41) is 2.92. The number of para-hydroxylation sites is 2. The smallest absolute Gasteiger partial charge is 0.278 e. The van der Waals surface area contributed by atoms with Gasteiger partial charge < -0.3 is 10.1 Å². The second kappa shape index (κ2) is 8.16. The molecule has 0 bridgehead atoms. The average Bonchev–Trinajstić information content (AvgIpc) is 3.06. The van der Waals surface area contributed by atoms with E-state index in [0.717, 1.165) is 15.6 Å². The number of aryl methyl sites for hydroxylation is 1. The van der Waals surface area contributed by atoms with E-state index in [1.807, 2.05) is 79.7 Å². The molecule has 0 radical (unpaired) electrons. The van der Waals surface area contributed by atoms with Crippen LogP contribution in [0.4, 0.5) is 5.69 Å². The van der Waals surface area contributed by atoms with Gasteiger partial charge in [-0.05, 0) is 54.4 Å². The first-order valence-electron chi connectivity index (χ1n) is 10.2. The number of amides is 1. The molecule has 1 amide bonds. The van der Waals surface area contributed by atoms with E-state index in [2.05, 4.69) is 21.2 Å². The van der Waals surface area contributed by atoms with Gasteiger partial charge in [0.1, 0.15) is 12.3 Å². The molecule has 3 aromatic carbocycles. The molecule has 0 unspecified atom stereocenters. The van der Waals surface area contributed by atoms with Gasteiger partial charge in [0.2, 0.25) is 11.8 Å². The van der Waals surface area contributed by atoms with Crippen molar-refractivity contribution in [3.05, 3.63) is 104 Å². The first-order valence-corrected chi connectivity index (χ1v) is 11.0. The predicted molar refractivity (Wildman–Crippen MR) is 127 cm³/mol. The minimum atomic E-state index is -0.253. The number of halogens is 1. The van der Waals surface area contributed by atoms with Crippen LogP contribution < -0.4 is 15.6 Å². The summed E-state index contributed by atoms with van der Waals surface area (Å²) in [5.41, 5.74) is 3.68. The maximum Gasteiger partial charge on any atom is 0.278 e. The van der Waals surface area contributed by atoms with E-state index in [1.54, 1.807) is 4.68 Å². The summed E-state index contributed by atoms with van der Waals surface area (Å²) in [5.74, 6) is 0.847. The van der Waals surface area contributed by atoms with Crippen LogP contribution in [0, 0.1) is 6.92 Å². The van der Waals surface area contributed by atoms with Gasteiger partial charge in [0, 0.05) is 16.6 Å². The van der Waals surface area contributed by atoms with Gasteiger partial charge in [-0.3, -0.25) is 9.59 Å². The Labute approximate surface area is 193 Å². The number of fused-ring (bicyclic) bond motifs is 2. The highest BCUT2D eigenvalue weighted by molar-refractivity contribution is 9.10. The van der Waals surface area contributed by atoms with Crippen LogP contribution >= 0.6 is 15.9 Å². The fourth-order valence-electron chi connectivity index (χ4n) is 3.91. The van der Waals surface area contributed by atoms with Gasteiger partial charge in [0.05, 0.1) is 11.3 Å². The lowest BCUT2D eigenvalue weighted by Crippen LogP contribution is -2.27. The Morgan fingerprint density at radius 2 is 1.81 bits per heavy atom. The van der Waals surface area contributed by atoms with Crippen molar-refractivity contribution >= 4 is 27.5 Å². The highest BCUT2D eigenvalue weighted by Gasteiger charge is 2.29. The van der Waals surface area contributed by atoms with Crippen LogP contribution in [0.2, 0.25) is 0 Å². The van der Waals surface area contributed by atoms with E-state index >= 15 is 0 Å². The van der Waals surface area contributed by atoms with E-state index in [-0.39, 0.29) is 18.0 Å². The van der Waals surface area contributed by atoms with E-state index in [0.29, 0.717) is 35.0 Å². The minimum absolute atomic E-state index is 0.0727. The molecular weight excluding hydrogens is 470 g/mol. The number of benzene rings is 3. The number of carbonyl (C=O) groups excluding carboxylic acids is 1. The van der Waals surface area contributed by atoms with Gasteiger partial charge in [-0.25, -0.2) is 9.36 Å². The fraction of sp³-hybridized carbons (Fsp3) is 0.120. The molecule has 0 spiro atoms. The second-order valence-corrected chi connectivity index (χ2v) is 8.55. The summed E-state index contributed by atoms with van der Waals surface area (Å²) < 4.78 is 10.2. The maximum absolute atomic E-state index is 13.4. The molecule has 4 aromatic rings. The standard InChI is InChI=1S/C25H20BrN3O3/c1-16-13-18(11-12-21(16)26)27-23(30)15-28-25-20(14-17-7-5-6-10-22(17)32-25)24(31)29(28)19-8-3-2-4-9-19/h2-13H,14-15H2,1H3,(H,27,30). The first-order chi connectivity index (χ1) is 15.5. The Hall–Kier alpha value is -3.58. The largest absolute Gasteiger partial charge is 0.439 e. The summed E-state index contributed by atoms with van der Waals surface area (Å²) in [6.45, 7) is 1.89. The second-order valence-electron chi connectivity index (χ2n) is 7.69. The van der Waals surface area contributed by atoms with Gasteiger partial charge in [-0.2, -0.15) is 0 Å². The summed E-state index contributed by atoms with van der Waals surface area (Å²) in [7, 11) is 0. The lowest BCUT2D eigenvalue weighted by atomic mass is 10.0. The van der Waals surface area contributed by atoms with E-state index < -0.39 is 0 Å². The van der Waals surface area contributed by atoms with Crippen LogP contribution in [0.5, 0.6) is 11.6 Å². The van der Waals surface area contributed by atoms with Crippen molar-refractivity contribution in [2.24, 2.45) is 0 Å². The van der Waals surface area contributed by atoms with Crippen molar-refractivity contribution in [1.29, 1.82) is 0 Å².